The van der Waals surface area contributed by atoms with Gasteiger partial charge in [-0.3, -0.25) is 0 Å². The van der Waals surface area contributed by atoms with E-state index in [-0.39, 0.29) is 6.04 Å². The van der Waals surface area contributed by atoms with Crippen LogP contribution >= 0.6 is 0 Å². The maximum absolute atomic E-state index is 4.16. The quantitative estimate of drug-likeness (QED) is 0.848. The highest BCUT2D eigenvalue weighted by Gasteiger charge is 2.17. The zero-order valence-corrected chi connectivity index (χ0v) is 10.7. The standard InChI is InChI=1S/C13H18N4/c1-8-5-10(3)11(6-9(8)2)13(14-4)12-7-15-17-16-12/h5-7,13-14H,1-4H3,(H,15,16,17). The molecule has 1 atom stereocenters. The molecule has 0 aliphatic heterocycles. The highest BCUT2D eigenvalue weighted by Crippen LogP contribution is 2.25. The second-order valence-electron chi connectivity index (χ2n) is 4.41. The van der Waals surface area contributed by atoms with Gasteiger partial charge in [-0.2, -0.15) is 15.4 Å². The van der Waals surface area contributed by atoms with Gasteiger partial charge < -0.3 is 5.32 Å². The zero-order valence-electron chi connectivity index (χ0n) is 10.7. The molecule has 2 rings (SSSR count). The number of aromatic nitrogens is 3. The molecule has 0 spiro atoms. The fraction of sp³-hybridized carbons (Fsp3) is 0.385. The van der Waals surface area contributed by atoms with Gasteiger partial charge in [-0.05, 0) is 50.1 Å². The van der Waals surface area contributed by atoms with Crippen molar-refractivity contribution in [2.24, 2.45) is 0 Å². The summed E-state index contributed by atoms with van der Waals surface area (Å²) in [5.41, 5.74) is 6.06. The Morgan fingerprint density at radius 2 is 1.82 bits per heavy atom. The van der Waals surface area contributed by atoms with E-state index in [2.05, 4.69) is 53.6 Å². The molecule has 2 aromatic rings. The summed E-state index contributed by atoms with van der Waals surface area (Å²) in [6.45, 7) is 6.40. The number of nitrogens with zero attached hydrogens (tertiary/aromatic N) is 2. The highest BCUT2D eigenvalue weighted by molar-refractivity contribution is 5.40. The van der Waals surface area contributed by atoms with Crippen LogP contribution in [0.4, 0.5) is 0 Å². The van der Waals surface area contributed by atoms with Crippen molar-refractivity contribution < 1.29 is 0 Å². The molecule has 17 heavy (non-hydrogen) atoms. The van der Waals surface area contributed by atoms with Gasteiger partial charge in [0.2, 0.25) is 0 Å². The summed E-state index contributed by atoms with van der Waals surface area (Å²) in [4.78, 5) is 0. The third-order valence-corrected chi connectivity index (χ3v) is 3.21. The van der Waals surface area contributed by atoms with Crippen molar-refractivity contribution >= 4 is 0 Å². The predicted molar refractivity (Wildman–Crippen MR) is 67.9 cm³/mol. The molecular weight excluding hydrogens is 212 g/mol. The minimum Gasteiger partial charge on any atom is -0.308 e. The van der Waals surface area contributed by atoms with Gasteiger partial charge in [-0.25, -0.2) is 0 Å². The summed E-state index contributed by atoms with van der Waals surface area (Å²) < 4.78 is 0. The van der Waals surface area contributed by atoms with Crippen molar-refractivity contribution in [3.8, 4) is 0 Å². The maximum Gasteiger partial charge on any atom is 0.104 e. The van der Waals surface area contributed by atoms with Crippen LogP contribution in [0.2, 0.25) is 0 Å². The van der Waals surface area contributed by atoms with E-state index in [0.29, 0.717) is 0 Å². The second-order valence-corrected chi connectivity index (χ2v) is 4.41. The average Bonchev–Trinajstić information content (AvgIpc) is 2.80. The lowest BCUT2D eigenvalue weighted by atomic mass is 9.94. The van der Waals surface area contributed by atoms with Gasteiger partial charge in [0.1, 0.15) is 5.69 Å². The van der Waals surface area contributed by atoms with E-state index < -0.39 is 0 Å². The number of aromatic amines is 1. The molecule has 0 bridgehead atoms. The molecule has 4 nitrogen and oxygen atoms in total. The van der Waals surface area contributed by atoms with E-state index >= 15 is 0 Å². The number of rotatable bonds is 3. The first-order valence-electron chi connectivity index (χ1n) is 5.74. The predicted octanol–water partition coefficient (Wildman–Crippen LogP) is 2.04. The van der Waals surface area contributed by atoms with Crippen LogP contribution < -0.4 is 5.32 Å². The summed E-state index contributed by atoms with van der Waals surface area (Å²) >= 11 is 0. The fourth-order valence-corrected chi connectivity index (χ4v) is 2.11. The van der Waals surface area contributed by atoms with Crippen molar-refractivity contribution in [2.45, 2.75) is 26.8 Å². The van der Waals surface area contributed by atoms with Crippen LogP contribution in [0, 0.1) is 20.8 Å². The minimum atomic E-state index is 0.0908. The van der Waals surface area contributed by atoms with E-state index in [0.717, 1.165) is 5.69 Å². The van der Waals surface area contributed by atoms with Crippen LogP contribution in [-0.4, -0.2) is 22.5 Å². The Bertz CT molecular complexity index is 502. The number of nitrogens with one attached hydrogen (secondary N) is 2. The van der Waals surface area contributed by atoms with E-state index in [9.17, 15) is 0 Å². The Labute approximate surface area is 101 Å². The average molecular weight is 230 g/mol. The third-order valence-electron chi connectivity index (χ3n) is 3.21. The molecule has 1 aromatic heterocycles. The maximum atomic E-state index is 4.16. The van der Waals surface area contributed by atoms with Crippen molar-refractivity contribution in [1.82, 2.24) is 20.7 Å². The first kappa shape index (κ1) is 11.8. The summed E-state index contributed by atoms with van der Waals surface area (Å²) in [5, 5.41) is 14.0. The van der Waals surface area contributed by atoms with E-state index in [1.165, 1.54) is 22.3 Å². The molecule has 1 unspecified atom stereocenters. The lowest BCUT2D eigenvalue weighted by Crippen LogP contribution is -2.19. The largest absolute Gasteiger partial charge is 0.308 e. The number of aryl methyl sites for hydroxylation is 3. The summed E-state index contributed by atoms with van der Waals surface area (Å²) in [6, 6.07) is 4.53. The van der Waals surface area contributed by atoms with Crippen LogP contribution in [0.15, 0.2) is 18.3 Å². The van der Waals surface area contributed by atoms with Crippen LogP contribution in [0.1, 0.15) is 34.0 Å². The summed E-state index contributed by atoms with van der Waals surface area (Å²) in [6.07, 6.45) is 1.76. The molecule has 1 aromatic carbocycles. The number of benzene rings is 1. The Morgan fingerprint density at radius 1 is 1.12 bits per heavy atom. The molecule has 0 aliphatic carbocycles. The van der Waals surface area contributed by atoms with E-state index in [4.69, 9.17) is 0 Å². The van der Waals surface area contributed by atoms with Gasteiger partial charge in [0.15, 0.2) is 0 Å². The van der Waals surface area contributed by atoms with Gasteiger partial charge in [-0.15, -0.1) is 0 Å². The molecule has 4 heteroatoms. The molecule has 0 radical (unpaired) electrons. The molecule has 90 valence electrons. The second kappa shape index (κ2) is 4.67. The van der Waals surface area contributed by atoms with Crippen molar-refractivity contribution in [3.05, 3.63) is 46.3 Å². The molecule has 0 saturated carbocycles. The molecule has 0 saturated heterocycles. The number of H-pyrrole nitrogens is 1. The van der Waals surface area contributed by atoms with Crippen LogP contribution in [0.3, 0.4) is 0 Å². The van der Waals surface area contributed by atoms with E-state index in [1.807, 2.05) is 7.05 Å². The SMILES string of the molecule is CNC(c1cn[nH]n1)c1cc(C)c(C)cc1C. The van der Waals surface area contributed by atoms with Gasteiger partial charge >= 0.3 is 0 Å². The normalized spacial score (nSPS) is 12.7. The summed E-state index contributed by atoms with van der Waals surface area (Å²) in [5.74, 6) is 0. The van der Waals surface area contributed by atoms with Gasteiger partial charge in [0.05, 0.1) is 12.2 Å². The summed E-state index contributed by atoms with van der Waals surface area (Å²) in [7, 11) is 1.94. The van der Waals surface area contributed by atoms with Crippen molar-refractivity contribution in [1.29, 1.82) is 0 Å². The molecule has 2 N–H and O–H groups in total. The number of hydrogen-bond donors (Lipinski definition) is 2. The van der Waals surface area contributed by atoms with Crippen molar-refractivity contribution in [3.63, 3.8) is 0 Å². The van der Waals surface area contributed by atoms with Crippen LogP contribution in [0.5, 0.6) is 0 Å². The van der Waals surface area contributed by atoms with Gasteiger partial charge in [-0.1, -0.05) is 12.1 Å². The molecule has 0 amide bonds. The first-order valence-corrected chi connectivity index (χ1v) is 5.74. The molecule has 0 fully saturated rings. The molecule has 0 aliphatic rings. The fourth-order valence-electron chi connectivity index (χ4n) is 2.11. The molecular formula is C13H18N4. The van der Waals surface area contributed by atoms with Gasteiger partial charge in [0, 0.05) is 0 Å². The lowest BCUT2D eigenvalue weighted by Gasteiger charge is -2.18. The lowest BCUT2D eigenvalue weighted by molar-refractivity contribution is 0.663. The molecule has 1 heterocycles. The minimum absolute atomic E-state index is 0.0908. The topological polar surface area (TPSA) is 53.6 Å². The smallest absolute Gasteiger partial charge is 0.104 e. The zero-order chi connectivity index (χ0) is 12.4. The highest BCUT2D eigenvalue weighted by atomic mass is 15.3. The first-order chi connectivity index (χ1) is 8.13. The third kappa shape index (κ3) is 2.22. The van der Waals surface area contributed by atoms with Gasteiger partial charge in [0.25, 0.3) is 0 Å². The Hall–Kier alpha value is -1.68. The monoisotopic (exact) mass is 230 g/mol. The van der Waals surface area contributed by atoms with E-state index in [1.54, 1.807) is 6.20 Å². The Kier molecular flexibility index (Phi) is 3.24. The van der Waals surface area contributed by atoms with Crippen molar-refractivity contribution in [2.75, 3.05) is 7.05 Å². The Balaban J connectivity index is 2.48. The number of hydrogen-bond acceptors (Lipinski definition) is 3. The Morgan fingerprint density at radius 3 is 2.41 bits per heavy atom. The van der Waals surface area contributed by atoms with Crippen LogP contribution in [-0.2, 0) is 0 Å². The van der Waals surface area contributed by atoms with Crippen LogP contribution in [0.25, 0.3) is 0 Å².